The van der Waals surface area contributed by atoms with Gasteiger partial charge in [0.1, 0.15) is 5.69 Å². The smallest absolute Gasteiger partial charge is 0.294 e. The van der Waals surface area contributed by atoms with Gasteiger partial charge in [0, 0.05) is 20.7 Å². The molecule has 1 rings (SSSR count). The van der Waals surface area contributed by atoms with Crippen molar-refractivity contribution in [3.63, 3.8) is 0 Å². The summed E-state index contributed by atoms with van der Waals surface area (Å²) in [4.78, 5) is 10.4. The Morgan fingerprint density at radius 2 is 2.29 bits per heavy atom. The van der Waals surface area contributed by atoms with Crippen molar-refractivity contribution in [2.24, 2.45) is 0 Å². The molecule has 1 N–H and O–H groups in total. The van der Waals surface area contributed by atoms with E-state index in [1.807, 2.05) is 35.6 Å². The Labute approximate surface area is 103 Å². The van der Waals surface area contributed by atoms with Crippen molar-refractivity contribution in [3.8, 4) is 0 Å². The molecule has 0 aliphatic carbocycles. The fourth-order valence-electron chi connectivity index (χ4n) is 1.06. The van der Waals surface area contributed by atoms with Crippen LogP contribution in [-0.2, 0) is 0 Å². The van der Waals surface area contributed by atoms with Gasteiger partial charge in [0.05, 0.1) is 4.92 Å². The van der Waals surface area contributed by atoms with Crippen LogP contribution in [0, 0.1) is 13.7 Å². The number of rotatable bonds is 3. The molecule has 0 fully saturated rings. The van der Waals surface area contributed by atoms with Crippen molar-refractivity contribution in [2.45, 2.75) is 6.92 Å². The van der Waals surface area contributed by atoms with Crippen LogP contribution in [0.5, 0.6) is 0 Å². The van der Waals surface area contributed by atoms with E-state index in [-0.39, 0.29) is 10.6 Å². The second-order valence-electron chi connectivity index (χ2n) is 2.57. The highest BCUT2D eigenvalue weighted by Crippen LogP contribution is 2.34. The van der Waals surface area contributed by atoms with Crippen LogP contribution in [0.1, 0.15) is 6.92 Å². The number of halogens is 2. The number of nitrogens with zero attached hydrogens (tertiary/aromatic N) is 1. The van der Waals surface area contributed by atoms with E-state index in [0.717, 1.165) is 8.04 Å². The number of nitro benzene ring substituents is 1. The lowest BCUT2D eigenvalue weighted by molar-refractivity contribution is -0.384. The summed E-state index contributed by atoms with van der Waals surface area (Å²) in [6.45, 7) is 2.55. The molecule has 0 heterocycles. The van der Waals surface area contributed by atoms with Gasteiger partial charge in [0.15, 0.2) is 0 Å². The van der Waals surface area contributed by atoms with Crippen LogP contribution in [0.4, 0.5) is 11.4 Å². The third-order valence-corrected chi connectivity index (χ3v) is 2.83. The third kappa shape index (κ3) is 2.57. The quantitative estimate of drug-likeness (QED) is 0.504. The second-order valence-corrected chi connectivity index (χ2v) is 4.67. The van der Waals surface area contributed by atoms with Crippen LogP contribution in [0.3, 0.4) is 0 Å². The van der Waals surface area contributed by atoms with Gasteiger partial charge < -0.3 is 5.32 Å². The molecule has 0 aliphatic heterocycles. The molecule has 4 nitrogen and oxygen atoms in total. The minimum absolute atomic E-state index is 0.102. The Morgan fingerprint density at radius 1 is 1.64 bits per heavy atom. The Balaban J connectivity index is 3.28. The molecule has 0 aliphatic rings. The first-order chi connectivity index (χ1) is 6.56. The largest absolute Gasteiger partial charge is 0.379 e. The molecule has 0 saturated carbocycles. The average Bonchev–Trinajstić information content (AvgIpc) is 2.09. The lowest BCUT2D eigenvalue weighted by Gasteiger charge is -2.07. The van der Waals surface area contributed by atoms with Crippen LogP contribution in [0.2, 0.25) is 0 Å². The van der Waals surface area contributed by atoms with Gasteiger partial charge >= 0.3 is 0 Å². The zero-order chi connectivity index (χ0) is 10.7. The van der Waals surface area contributed by atoms with E-state index in [2.05, 4.69) is 21.2 Å². The lowest BCUT2D eigenvalue weighted by Crippen LogP contribution is -2.02. The number of nitro groups is 1. The van der Waals surface area contributed by atoms with Crippen LogP contribution in [0.25, 0.3) is 0 Å². The summed E-state index contributed by atoms with van der Waals surface area (Å²) in [6.07, 6.45) is 0. The van der Waals surface area contributed by atoms with Crippen molar-refractivity contribution in [1.29, 1.82) is 0 Å². The predicted octanol–water partition coefficient (Wildman–Crippen LogP) is 3.39. The summed E-state index contributed by atoms with van der Waals surface area (Å²) in [6, 6.07) is 3.38. The minimum Gasteiger partial charge on any atom is -0.379 e. The summed E-state index contributed by atoms with van der Waals surface area (Å²) in [7, 11) is 0. The van der Waals surface area contributed by atoms with E-state index < -0.39 is 0 Å². The van der Waals surface area contributed by atoms with E-state index in [1.54, 1.807) is 6.07 Å². The molecule has 0 aromatic heterocycles. The standard InChI is InChI=1S/C8H8BrIN2O2/c1-2-11-8-6(9)3-5(10)4-7(8)12(13)14/h3-4,11H,2H2,1H3. The van der Waals surface area contributed by atoms with Crippen LogP contribution in [-0.4, -0.2) is 11.5 Å². The molecule has 0 bridgehead atoms. The molecular formula is C8H8BrIN2O2. The first-order valence-corrected chi connectivity index (χ1v) is 5.80. The van der Waals surface area contributed by atoms with Crippen molar-refractivity contribution < 1.29 is 4.92 Å². The highest BCUT2D eigenvalue weighted by Gasteiger charge is 2.17. The Morgan fingerprint density at radius 3 is 2.79 bits per heavy atom. The topological polar surface area (TPSA) is 55.2 Å². The van der Waals surface area contributed by atoms with Gasteiger partial charge in [0.2, 0.25) is 0 Å². The molecule has 0 atom stereocenters. The Hall–Kier alpha value is -0.370. The first-order valence-electron chi connectivity index (χ1n) is 3.93. The molecule has 0 radical (unpaired) electrons. The summed E-state index contributed by atoms with van der Waals surface area (Å²) in [5.74, 6) is 0. The normalized spacial score (nSPS) is 9.93. The molecular weight excluding hydrogens is 363 g/mol. The van der Waals surface area contributed by atoms with Gasteiger partial charge in [-0.3, -0.25) is 10.1 Å². The maximum absolute atomic E-state index is 10.7. The zero-order valence-corrected chi connectivity index (χ0v) is 11.1. The summed E-state index contributed by atoms with van der Waals surface area (Å²) >= 11 is 5.34. The molecule has 14 heavy (non-hydrogen) atoms. The van der Waals surface area contributed by atoms with Gasteiger partial charge in [-0.1, -0.05) is 0 Å². The fraction of sp³-hybridized carbons (Fsp3) is 0.250. The SMILES string of the molecule is CCNc1c(Br)cc(I)cc1[N+](=O)[O-]. The van der Waals surface area contributed by atoms with E-state index in [9.17, 15) is 10.1 Å². The number of benzene rings is 1. The van der Waals surface area contributed by atoms with Gasteiger partial charge in [-0.05, 0) is 51.5 Å². The Kier molecular flexibility index (Phi) is 4.11. The maximum atomic E-state index is 10.7. The van der Waals surface area contributed by atoms with Gasteiger partial charge in [-0.2, -0.15) is 0 Å². The summed E-state index contributed by atoms with van der Waals surface area (Å²) in [5.41, 5.74) is 0.642. The highest BCUT2D eigenvalue weighted by molar-refractivity contribution is 14.1. The molecule has 0 saturated heterocycles. The molecule has 0 spiro atoms. The average molecular weight is 371 g/mol. The third-order valence-electron chi connectivity index (χ3n) is 1.58. The number of hydrogen-bond acceptors (Lipinski definition) is 3. The Bertz CT molecular complexity index is 371. The van der Waals surface area contributed by atoms with Crippen molar-refractivity contribution in [3.05, 3.63) is 30.3 Å². The lowest BCUT2D eigenvalue weighted by atomic mass is 10.2. The fourth-order valence-corrected chi connectivity index (χ4v) is 2.68. The van der Waals surface area contributed by atoms with Crippen molar-refractivity contribution in [1.82, 2.24) is 0 Å². The number of nitrogens with one attached hydrogen (secondary N) is 1. The van der Waals surface area contributed by atoms with Crippen molar-refractivity contribution >= 4 is 49.9 Å². The van der Waals surface area contributed by atoms with E-state index in [1.165, 1.54) is 0 Å². The maximum Gasteiger partial charge on any atom is 0.294 e. The van der Waals surface area contributed by atoms with Gasteiger partial charge in [-0.15, -0.1) is 0 Å². The van der Waals surface area contributed by atoms with Crippen LogP contribution < -0.4 is 5.32 Å². The van der Waals surface area contributed by atoms with Gasteiger partial charge in [0.25, 0.3) is 5.69 Å². The zero-order valence-electron chi connectivity index (χ0n) is 7.38. The van der Waals surface area contributed by atoms with Gasteiger partial charge in [-0.25, -0.2) is 0 Å². The predicted molar refractivity (Wildman–Crippen MR) is 67.7 cm³/mol. The summed E-state index contributed by atoms with van der Waals surface area (Å²) < 4.78 is 1.56. The molecule has 6 heteroatoms. The van der Waals surface area contributed by atoms with Crippen LogP contribution in [0.15, 0.2) is 16.6 Å². The molecule has 0 unspecified atom stereocenters. The molecule has 76 valence electrons. The second kappa shape index (κ2) is 4.92. The number of anilines is 1. The molecule has 1 aromatic rings. The van der Waals surface area contributed by atoms with E-state index in [4.69, 9.17) is 0 Å². The highest BCUT2D eigenvalue weighted by atomic mass is 127. The molecule has 1 aromatic carbocycles. The van der Waals surface area contributed by atoms with Crippen molar-refractivity contribution in [2.75, 3.05) is 11.9 Å². The number of hydrogen-bond donors (Lipinski definition) is 1. The van der Waals surface area contributed by atoms with E-state index in [0.29, 0.717) is 12.2 Å². The minimum atomic E-state index is -0.384. The molecule has 0 amide bonds. The van der Waals surface area contributed by atoms with Crippen LogP contribution >= 0.6 is 38.5 Å². The first kappa shape index (κ1) is 11.7. The summed E-state index contributed by atoms with van der Waals surface area (Å²) in [5, 5.41) is 13.7. The monoisotopic (exact) mass is 370 g/mol. The van der Waals surface area contributed by atoms with E-state index >= 15 is 0 Å².